The first-order chi connectivity index (χ1) is 14.5. The molecule has 1 aliphatic heterocycles. The Hall–Kier alpha value is -3.05. The topological polar surface area (TPSA) is 49.9 Å². The molecule has 0 aromatic heterocycles. The van der Waals surface area contributed by atoms with E-state index < -0.39 is 6.10 Å². The summed E-state index contributed by atoms with van der Waals surface area (Å²) in [5.74, 6) is 0.475. The predicted octanol–water partition coefficient (Wildman–Crippen LogP) is 4.25. The summed E-state index contributed by atoms with van der Waals surface area (Å²) in [7, 11) is 0. The van der Waals surface area contributed by atoms with Gasteiger partial charge in [-0.25, -0.2) is 0 Å². The zero-order valence-corrected chi connectivity index (χ0v) is 17.5. The Kier molecular flexibility index (Phi) is 5.91. The third-order valence-electron chi connectivity index (χ3n) is 5.36. The summed E-state index contributed by atoms with van der Waals surface area (Å²) in [5, 5.41) is 2.56. The molecular weight excluding hydrogens is 400 g/mol. The molecule has 4 rings (SSSR count). The van der Waals surface area contributed by atoms with Crippen LogP contribution < -0.4 is 4.74 Å². The highest BCUT2D eigenvalue weighted by Gasteiger charge is 2.28. The number of hydrogen-bond acceptors (Lipinski definition) is 3. The lowest BCUT2D eigenvalue weighted by Crippen LogP contribution is -2.53. The predicted molar refractivity (Wildman–Crippen MR) is 118 cm³/mol. The number of piperazine rings is 1. The van der Waals surface area contributed by atoms with Crippen molar-refractivity contribution in [2.24, 2.45) is 0 Å². The van der Waals surface area contributed by atoms with Crippen LogP contribution in [0.3, 0.4) is 0 Å². The summed E-state index contributed by atoms with van der Waals surface area (Å²) >= 11 is 5.98. The zero-order chi connectivity index (χ0) is 21.1. The summed E-state index contributed by atoms with van der Waals surface area (Å²) < 4.78 is 5.75. The summed E-state index contributed by atoms with van der Waals surface area (Å²) in [5.41, 5.74) is 0.700. The lowest BCUT2D eigenvalue weighted by Gasteiger charge is -2.36. The SMILES string of the molecule is CC(Oc1cccc(Cl)c1)C(=O)N1CCN(C(=O)c2cccc3ccccc23)CC1. The molecule has 1 aliphatic rings. The molecule has 6 heteroatoms. The van der Waals surface area contributed by atoms with Crippen molar-refractivity contribution in [1.29, 1.82) is 0 Å². The first kappa shape index (κ1) is 20.2. The maximum atomic E-state index is 13.1. The highest BCUT2D eigenvalue weighted by atomic mass is 35.5. The van der Waals surface area contributed by atoms with Gasteiger partial charge in [-0.3, -0.25) is 9.59 Å². The molecule has 1 fully saturated rings. The van der Waals surface area contributed by atoms with Crippen LogP contribution in [-0.2, 0) is 4.79 Å². The number of halogens is 1. The van der Waals surface area contributed by atoms with Gasteiger partial charge in [0.1, 0.15) is 5.75 Å². The van der Waals surface area contributed by atoms with Gasteiger partial charge in [0.05, 0.1) is 0 Å². The molecule has 0 bridgehead atoms. The molecule has 30 heavy (non-hydrogen) atoms. The molecule has 1 heterocycles. The number of ether oxygens (including phenoxy) is 1. The fourth-order valence-electron chi connectivity index (χ4n) is 3.76. The number of nitrogens with zero attached hydrogens (tertiary/aromatic N) is 2. The molecular formula is C24H23ClN2O3. The van der Waals surface area contributed by atoms with Crippen LogP contribution in [0.5, 0.6) is 5.75 Å². The third-order valence-corrected chi connectivity index (χ3v) is 5.59. The maximum Gasteiger partial charge on any atom is 0.263 e. The highest BCUT2D eigenvalue weighted by molar-refractivity contribution is 6.30. The molecule has 0 spiro atoms. The first-order valence-electron chi connectivity index (χ1n) is 10.0. The van der Waals surface area contributed by atoms with E-state index in [1.807, 2.05) is 47.4 Å². The molecule has 3 aromatic carbocycles. The van der Waals surface area contributed by atoms with Gasteiger partial charge in [0.25, 0.3) is 11.8 Å². The van der Waals surface area contributed by atoms with Crippen LogP contribution in [-0.4, -0.2) is 53.9 Å². The van der Waals surface area contributed by atoms with E-state index >= 15 is 0 Å². The third kappa shape index (κ3) is 4.26. The van der Waals surface area contributed by atoms with Gasteiger partial charge >= 0.3 is 0 Å². The smallest absolute Gasteiger partial charge is 0.263 e. The van der Waals surface area contributed by atoms with Crippen LogP contribution in [0.1, 0.15) is 17.3 Å². The Morgan fingerprint density at radius 2 is 1.57 bits per heavy atom. The Bertz CT molecular complexity index is 1070. The quantitative estimate of drug-likeness (QED) is 0.631. The van der Waals surface area contributed by atoms with Gasteiger partial charge in [-0.1, -0.05) is 54.1 Å². The summed E-state index contributed by atoms with van der Waals surface area (Å²) in [6.07, 6.45) is -0.621. The van der Waals surface area contributed by atoms with Crippen molar-refractivity contribution in [2.45, 2.75) is 13.0 Å². The summed E-state index contributed by atoms with van der Waals surface area (Å²) in [6.45, 7) is 3.70. The Balaban J connectivity index is 1.38. The molecule has 154 valence electrons. The van der Waals surface area contributed by atoms with Crippen molar-refractivity contribution in [2.75, 3.05) is 26.2 Å². The standard InChI is InChI=1S/C24H23ClN2O3/c1-17(30-20-9-5-8-19(25)16-20)23(28)26-12-14-27(15-13-26)24(29)22-11-4-7-18-6-2-3-10-21(18)22/h2-11,16-17H,12-15H2,1H3. The minimum Gasteiger partial charge on any atom is -0.481 e. The van der Waals surface area contributed by atoms with Crippen LogP contribution in [0, 0.1) is 0 Å². The Labute approximate surface area is 180 Å². The second kappa shape index (κ2) is 8.76. The van der Waals surface area contributed by atoms with Gasteiger partial charge in [-0.05, 0) is 42.0 Å². The lowest BCUT2D eigenvalue weighted by atomic mass is 10.0. The van der Waals surface area contributed by atoms with Gasteiger partial charge < -0.3 is 14.5 Å². The van der Waals surface area contributed by atoms with E-state index in [0.29, 0.717) is 42.5 Å². The van der Waals surface area contributed by atoms with Gasteiger partial charge in [0.2, 0.25) is 0 Å². The first-order valence-corrected chi connectivity index (χ1v) is 10.4. The molecule has 0 aliphatic carbocycles. The average molecular weight is 423 g/mol. The van der Waals surface area contributed by atoms with Gasteiger partial charge in [0, 0.05) is 36.8 Å². The van der Waals surface area contributed by atoms with Crippen molar-refractivity contribution >= 4 is 34.2 Å². The van der Waals surface area contributed by atoms with Gasteiger partial charge in [0.15, 0.2) is 6.10 Å². The molecule has 2 amide bonds. The largest absolute Gasteiger partial charge is 0.481 e. The van der Waals surface area contributed by atoms with E-state index in [0.717, 1.165) is 10.8 Å². The highest BCUT2D eigenvalue weighted by Crippen LogP contribution is 2.22. The number of benzene rings is 3. The fourth-order valence-corrected chi connectivity index (χ4v) is 3.94. The molecule has 1 saturated heterocycles. The second-order valence-corrected chi connectivity index (χ2v) is 7.80. The van der Waals surface area contributed by atoms with E-state index in [4.69, 9.17) is 16.3 Å². The zero-order valence-electron chi connectivity index (χ0n) is 16.8. The monoisotopic (exact) mass is 422 g/mol. The Morgan fingerprint density at radius 3 is 2.33 bits per heavy atom. The van der Waals surface area contributed by atoms with E-state index in [1.54, 1.807) is 36.1 Å². The molecule has 1 unspecified atom stereocenters. The molecule has 3 aromatic rings. The van der Waals surface area contributed by atoms with Crippen molar-refractivity contribution in [1.82, 2.24) is 9.80 Å². The molecule has 0 radical (unpaired) electrons. The van der Waals surface area contributed by atoms with Gasteiger partial charge in [-0.15, -0.1) is 0 Å². The van der Waals surface area contributed by atoms with Crippen LogP contribution in [0.2, 0.25) is 5.02 Å². The van der Waals surface area contributed by atoms with E-state index in [9.17, 15) is 9.59 Å². The summed E-state index contributed by atoms with van der Waals surface area (Å²) in [6, 6.07) is 20.7. The molecule has 5 nitrogen and oxygen atoms in total. The number of rotatable bonds is 4. The average Bonchev–Trinajstić information content (AvgIpc) is 2.78. The van der Waals surface area contributed by atoms with Crippen LogP contribution >= 0.6 is 11.6 Å². The number of fused-ring (bicyclic) bond motifs is 1. The van der Waals surface area contributed by atoms with E-state index in [2.05, 4.69) is 0 Å². The van der Waals surface area contributed by atoms with Crippen LogP contribution in [0.15, 0.2) is 66.7 Å². The van der Waals surface area contributed by atoms with Crippen molar-refractivity contribution in [3.8, 4) is 5.75 Å². The number of hydrogen-bond donors (Lipinski definition) is 0. The van der Waals surface area contributed by atoms with Crippen molar-refractivity contribution in [3.63, 3.8) is 0 Å². The van der Waals surface area contributed by atoms with Crippen molar-refractivity contribution < 1.29 is 14.3 Å². The van der Waals surface area contributed by atoms with Crippen LogP contribution in [0.25, 0.3) is 10.8 Å². The van der Waals surface area contributed by atoms with Crippen LogP contribution in [0.4, 0.5) is 0 Å². The molecule has 0 saturated carbocycles. The number of carbonyl (C=O) groups excluding carboxylic acids is 2. The van der Waals surface area contributed by atoms with E-state index in [-0.39, 0.29) is 11.8 Å². The minimum absolute atomic E-state index is 0.00197. The van der Waals surface area contributed by atoms with Gasteiger partial charge in [-0.2, -0.15) is 0 Å². The number of carbonyl (C=O) groups is 2. The molecule has 0 N–H and O–H groups in total. The number of amides is 2. The minimum atomic E-state index is -0.621. The normalized spacial score (nSPS) is 15.1. The fraction of sp³-hybridized carbons (Fsp3) is 0.250. The molecule has 1 atom stereocenters. The summed E-state index contributed by atoms with van der Waals surface area (Å²) in [4.78, 5) is 29.4. The second-order valence-electron chi connectivity index (χ2n) is 7.36. The maximum absolute atomic E-state index is 13.1. The lowest BCUT2D eigenvalue weighted by molar-refractivity contribution is -0.139. The Morgan fingerprint density at radius 1 is 0.900 bits per heavy atom. The van der Waals surface area contributed by atoms with Crippen molar-refractivity contribution in [3.05, 3.63) is 77.3 Å². The van der Waals surface area contributed by atoms with E-state index in [1.165, 1.54) is 0 Å².